The quantitative estimate of drug-likeness (QED) is 0.668. The average molecular weight is 270 g/mol. The molecule has 2 rings (SSSR count). The van der Waals surface area contributed by atoms with E-state index in [1.165, 1.54) is 19.2 Å². The number of benzene rings is 2. The van der Waals surface area contributed by atoms with Gasteiger partial charge in [-0.25, -0.2) is 0 Å². The minimum absolute atomic E-state index is 0.228. The van der Waals surface area contributed by atoms with Gasteiger partial charge in [-0.15, -0.1) is 0 Å². The zero-order valence-electron chi connectivity index (χ0n) is 10.9. The van der Waals surface area contributed by atoms with Crippen molar-refractivity contribution in [2.24, 2.45) is 0 Å². The summed E-state index contributed by atoms with van der Waals surface area (Å²) in [5.41, 5.74) is 0.630. The van der Waals surface area contributed by atoms with Crippen molar-refractivity contribution < 1.29 is 19.4 Å². The second kappa shape index (κ2) is 6.12. The van der Waals surface area contributed by atoms with E-state index in [1.54, 1.807) is 42.5 Å². The van der Waals surface area contributed by atoms with Crippen LogP contribution in [0.4, 0.5) is 0 Å². The molecule has 1 N–H and O–H groups in total. The summed E-state index contributed by atoms with van der Waals surface area (Å²) in [6.07, 6.45) is -1.44. The summed E-state index contributed by atoms with van der Waals surface area (Å²) in [5.74, 6) is -0.969. The number of hydrogen-bond acceptors (Lipinski definition) is 4. The molecule has 0 aliphatic heterocycles. The van der Waals surface area contributed by atoms with Gasteiger partial charge in [0.05, 0.1) is 7.11 Å². The first kappa shape index (κ1) is 14.0. The minimum atomic E-state index is -1.44. The second-order valence-corrected chi connectivity index (χ2v) is 4.24. The molecule has 0 radical (unpaired) electrons. The van der Waals surface area contributed by atoms with E-state index in [0.29, 0.717) is 11.3 Å². The Kier molecular flexibility index (Phi) is 4.27. The molecule has 2 aromatic rings. The normalized spacial score (nSPS) is 11.7. The van der Waals surface area contributed by atoms with E-state index in [9.17, 15) is 14.7 Å². The largest absolute Gasteiger partial charge is 0.497 e. The average Bonchev–Trinajstić information content (AvgIpc) is 2.53. The number of ether oxygens (including phenoxy) is 1. The zero-order valence-corrected chi connectivity index (χ0v) is 10.9. The molecule has 2 aromatic carbocycles. The first-order valence-electron chi connectivity index (χ1n) is 6.09. The number of Topliss-reactive ketones (excluding diaryl/α,β-unsaturated/α-hetero) is 2. The van der Waals surface area contributed by atoms with Gasteiger partial charge in [-0.05, 0) is 29.8 Å². The molecule has 4 nitrogen and oxygen atoms in total. The highest BCUT2D eigenvalue weighted by Crippen LogP contribution is 2.17. The van der Waals surface area contributed by atoms with Gasteiger partial charge in [-0.3, -0.25) is 9.59 Å². The summed E-state index contributed by atoms with van der Waals surface area (Å²) in [4.78, 5) is 24.0. The Morgan fingerprint density at radius 3 is 2.15 bits per heavy atom. The number of aliphatic hydroxyl groups is 1. The van der Waals surface area contributed by atoms with Crippen LogP contribution in [0.5, 0.6) is 5.75 Å². The van der Waals surface area contributed by atoms with Crippen molar-refractivity contribution in [3.63, 3.8) is 0 Å². The molecule has 0 heterocycles. The van der Waals surface area contributed by atoms with Crippen LogP contribution in [0.15, 0.2) is 54.6 Å². The lowest BCUT2D eigenvalue weighted by atomic mass is 9.99. The van der Waals surface area contributed by atoms with Gasteiger partial charge in [0.15, 0.2) is 0 Å². The molecule has 0 fully saturated rings. The molecule has 0 aliphatic carbocycles. The number of hydrogen-bond donors (Lipinski definition) is 1. The van der Waals surface area contributed by atoms with Gasteiger partial charge < -0.3 is 9.84 Å². The predicted octanol–water partition coefficient (Wildman–Crippen LogP) is 2.18. The van der Waals surface area contributed by atoms with Crippen LogP contribution in [-0.4, -0.2) is 23.8 Å². The van der Waals surface area contributed by atoms with Crippen molar-refractivity contribution in [3.05, 3.63) is 65.7 Å². The highest BCUT2D eigenvalue weighted by molar-refractivity contribution is 6.45. The highest BCUT2D eigenvalue weighted by atomic mass is 16.5. The van der Waals surface area contributed by atoms with E-state index in [1.807, 2.05) is 0 Å². The molecular weight excluding hydrogens is 256 g/mol. The Hall–Kier alpha value is -2.46. The van der Waals surface area contributed by atoms with Crippen molar-refractivity contribution in [1.29, 1.82) is 0 Å². The van der Waals surface area contributed by atoms with Crippen LogP contribution in [0.1, 0.15) is 22.0 Å². The summed E-state index contributed by atoms with van der Waals surface area (Å²) < 4.78 is 4.98. The Morgan fingerprint density at radius 2 is 1.60 bits per heavy atom. The van der Waals surface area contributed by atoms with Gasteiger partial charge in [0, 0.05) is 5.56 Å². The van der Waals surface area contributed by atoms with Gasteiger partial charge in [0.2, 0.25) is 11.6 Å². The maximum absolute atomic E-state index is 12.0. The fourth-order valence-corrected chi connectivity index (χ4v) is 1.80. The number of ketones is 2. The fraction of sp³-hybridized carbons (Fsp3) is 0.125. The van der Waals surface area contributed by atoms with Crippen molar-refractivity contribution in [2.75, 3.05) is 7.11 Å². The van der Waals surface area contributed by atoms with E-state index in [2.05, 4.69) is 0 Å². The van der Waals surface area contributed by atoms with Crippen molar-refractivity contribution in [2.45, 2.75) is 6.10 Å². The molecule has 0 bridgehead atoms. The Labute approximate surface area is 116 Å². The van der Waals surface area contributed by atoms with Crippen LogP contribution in [0.2, 0.25) is 0 Å². The highest BCUT2D eigenvalue weighted by Gasteiger charge is 2.25. The Bertz CT molecular complexity index is 602. The molecule has 0 saturated carbocycles. The maximum Gasteiger partial charge on any atom is 0.236 e. The minimum Gasteiger partial charge on any atom is -0.497 e. The second-order valence-electron chi connectivity index (χ2n) is 4.24. The van der Waals surface area contributed by atoms with Crippen LogP contribution < -0.4 is 4.74 Å². The Balaban J connectivity index is 2.17. The maximum atomic E-state index is 12.0. The summed E-state index contributed by atoms with van der Waals surface area (Å²) in [6, 6.07) is 14.5. The number of aliphatic hydroxyl groups excluding tert-OH is 1. The molecule has 0 aliphatic rings. The third-order valence-electron chi connectivity index (χ3n) is 2.94. The van der Waals surface area contributed by atoms with E-state index in [-0.39, 0.29) is 5.56 Å². The lowest BCUT2D eigenvalue weighted by molar-refractivity contribution is -0.122. The molecule has 20 heavy (non-hydrogen) atoms. The monoisotopic (exact) mass is 270 g/mol. The number of carbonyl (C=O) groups excluding carboxylic acids is 2. The molecule has 0 saturated heterocycles. The van der Waals surface area contributed by atoms with Crippen LogP contribution in [0.25, 0.3) is 0 Å². The number of rotatable bonds is 5. The summed E-state index contributed by atoms with van der Waals surface area (Å²) >= 11 is 0. The van der Waals surface area contributed by atoms with Crippen LogP contribution in [0, 0.1) is 0 Å². The third kappa shape index (κ3) is 2.92. The fourth-order valence-electron chi connectivity index (χ4n) is 1.80. The molecule has 1 unspecified atom stereocenters. The lowest BCUT2D eigenvalue weighted by Crippen LogP contribution is -2.22. The zero-order chi connectivity index (χ0) is 14.5. The third-order valence-corrected chi connectivity index (χ3v) is 2.94. The van der Waals surface area contributed by atoms with E-state index in [0.717, 1.165) is 0 Å². The van der Waals surface area contributed by atoms with Crippen molar-refractivity contribution >= 4 is 11.6 Å². The first-order chi connectivity index (χ1) is 9.63. The van der Waals surface area contributed by atoms with E-state index in [4.69, 9.17) is 4.74 Å². The van der Waals surface area contributed by atoms with Gasteiger partial charge in [-0.2, -0.15) is 0 Å². The predicted molar refractivity (Wildman–Crippen MR) is 73.7 cm³/mol. The summed E-state index contributed by atoms with van der Waals surface area (Å²) in [5, 5.41) is 9.93. The van der Waals surface area contributed by atoms with Gasteiger partial charge in [0.25, 0.3) is 0 Å². The van der Waals surface area contributed by atoms with Gasteiger partial charge in [0.1, 0.15) is 11.9 Å². The SMILES string of the molecule is COc1ccc(C(=O)C(=O)C(O)c2ccccc2)cc1. The molecule has 0 amide bonds. The molecular formula is C16H14O4. The van der Waals surface area contributed by atoms with Crippen LogP contribution in [-0.2, 0) is 4.79 Å². The summed E-state index contributed by atoms with van der Waals surface area (Å²) in [6.45, 7) is 0. The molecule has 1 atom stereocenters. The van der Waals surface area contributed by atoms with E-state index < -0.39 is 17.7 Å². The van der Waals surface area contributed by atoms with E-state index >= 15 is 0 Å². The standard InChI is InChI=1S/C16H14O4/c1-20-13-9-7-12(8-10-13)15(18)16(19)14(17)11-5-3-2-4-6-11/h2-10,14,17H,1H3. The van der Waals surface area contributed by atoms with Crippen molar-refractivity contribution in [3.8, 4) is 5.75 Å². The van der Waals surface area contributed by atoms with Crippen LogP contribution in [0.3, 0.4) is 0 Å². The van der Waals surface area contributed by atoms with Gasteiger partial charge in [-0.1, -0.05) is 30.3 Å². The molecule has 4 heteroatoms. The molecule has 0 spiro atoms. The number of carbonyl (C=O) groups is 2. The Morgan fingerprint density at radius 1 is 1.00 bits per heavy atom. The number of methoxy groups -OCH3 is 1. The van der Waals surface area contributed by atoms with Crippen molar-refractivity contribution in [1.82, 2.24) is 0 Å². The summed E-state index contributed by atoms with van der Waals surface area (Å²) in [7, 11) is 1.52. The molecule has 102 valence electrons. The lowest BCUT2D eigenvalue weighted by Gasteiger charge is -2.09. The smallest absolute Gasteiger partial charge is 0.236 e. The van der Waals surface area contributed by atoms with Crippen LogP contribution >= 0.6 is 0 Å². The van der Waals surface area contributed by atoms with Gasteiger partial charge >= 0.3 is 0 Å². The first-order valence-corrected chi connectivity index (χ1v) is 6.09. The topological polar surface area (TPSA) is 63.6 Å². The molecule has 0 aromatic heterocycles.